The molecular weight excluding hydrogens is 411 g/mol. The molecule has 0 aliphatic heterocycles. The van der Waals surface area contributed by atoms with Gasteiger partial charge in [-0.15, -0.1) is 0 Å². The molecule has 162 valence electrons. The second-order valence-corrected chi connectivity index (χ2v) is 8.55. The maximum Gasteiger partial charge on any atom is 0.253 e. The van der Waals surface area contributed by atoms with Crippen LogP contribution in [0.4, 0.5) is 21.5 Å². The summed E-state index contributed by atoms with van der Waals surface area (Å²) in [6.45, 7) is 2.12. The maximum absolute atomic E-state index is 13.8. The van der Waals surface area contributed by atoms with Crippen LogP contribution in [0.25, 0.3) is 0 Å². The van der Waals surface area contributed by atoms with Crippen molar-refractivity contribution in [2.24, 2.45) is 0 Å². The van der Waals surface area contributed by atoms with Crippen LogP contribution in [-0.4, -0.2) is 46.6 Å². The molecule has 3 N–H and O–H groups in total. The van der Waals surface area contributed by atoms with Crippen LogP contribution in [0.5, 0.6) is 0 Å². The zero-order valence-electron chi connectivity index (χ0n) is 17.0. The van der Waals surface area contributed by atoms with E-state index in [-0.39, 0.29) is 23.0 Å². The third kappa shape index (κ3) is 7.03. The van der Waals surface area contributed by atoms with E-state index in [0.717, 1.165) is 6.26 Å². The number of halogens is 1. The first kappa shape index (κ1) is 23.1. The summed E-state index contributed by atoms with van der Waals surface area (Å²) in [6.07, 6.45) is 1.52. The maximum atomic E-state index is 13.8. The Morgan fingerprint density at radius 2 is 1.83 bits per heavy atom. The molecule has 30 heavy (non-hydrogen) atoms. The van der Waals surface area contributed by atoms with Gasteiger partial charge in [-0.25, -0.2) is 12.8 Å². The number of hydrogen-bond donors (Lipinski definition) is 3. The van der Waals surface area contributed by atoms with Gasteiger partial charge in [-0.1, -0.05) is 12.1 Å². The van der Waals surface area contributed by atoms with Crippen molar-refractivity contribution < 1.29 is 22.4 Å². The summed E-state index contributed by atoms with van der Waals surface area (Å²) >= 11 is 0. The van der Waals surface area contributed by atoms with Gasteiger partial charge in [-0.05, 0) is 36.8 Å². The average Bonchev–Trinajstić information content (AvgIpc) is 2.65. The van der Waals surface area contributed by atoms with Gasteiger partial charge in [-0.3, -0.25) is 14.3 Å². The molecule has 2 amide bonds. The van der Waals surface area contributed by atoms with E-state index in [1.165, 1.54) is 31.2 Å². The van der Waals surface area contributed by atoms with Crippen LogP contribution in [0.2, 0.25) is 0 Å². The van der Waals surface area contributed by atoms with Gasteiger partial charge in [0.15, 0.2) is 0 Å². The normalized spacial score (nSPS) is 10.9. The molecule has 2 rings (SSSR count). The molecule has 0 atom stereocenters. The highest BCUT2D eigenvalue weighted by atomic mass is 32.2. The number of nitrogens with one attached hydrogen (secondary N) is 3. The van der Waals surface area contributed by atoms with Crippen LogP contribution < -0.4 is 20.3 Å². The predicted molar refractivity (Wildman–Crippen MR) is 116 cm³/mol. The van der Waals surface area contributed by atoms with Gasteiger partial charge in [-0.2, -0.15) is 0 Å². The molecule has 8 nitrogen and oxygen atoms in total. The van der Waals surface area contributed by atoms with E-state index in [2.05, 4.69) is 15.4 Å². The Morgan fingerprint density at radius 3 is 2.47 bits per heavy atom. The minimum atomic E-state index is -3.60. The van der Waals surface area contributed by atoms with Crippen molar-refractivity contribution in [3.05, 3.63) is 53.8 Å². The number of amides is 2. The van der Waals surface area contributed by atoms with Gasteiger partial charge < -0.3 is 15.5 Å². The molecule has 2 aromatic carbocycles. The van der Waals surface area contributed by atoms with E-state index in [0.29, 0.717) is 30.9 Å². The van der Waals surface area contributed by atoms with Crippen molar-refractivity contribution in [3.63, 3.8) is 0 Å². The highest BCUT2D eigenvalue weighted by molar-refractivity contribution is 7.92. The van der Waals surface area contributed by atoms with Crippen molar-refractivity contribution >= 4 is 38.9 Å². The SMILES string of the molecule is CC(=O)Nc1ccc(NS(C)(=O)=O)c(C(=O)NCCCN(C)c2ccccc2F)c1. The molecule has 0 radical (unpaired) electrons. The minimum absolute atomic E-state index is 0.0779. The number of carbonyl (C=O) groups excluding carboxylic acids is 2. The Balaban J connectivity index is 2.03. The highest BCUT2D eigenvalue weighted by Crippen LogP contribution is 2.22. The fourth-order valence-corrected chi connectivity index (χ4v) is 3.37. The fourth-order valence-electron chi connectivity index (χ4n) is 2.80. The number of hydrogen-bond acceptors (Lipinski definition) is 5. The molecule has 10 heteroatoms. The number of benzene rings is 2. The zero-order chi connectivity index (χ0) is 22.3. The van der Waals surface area contributed by atoms with E-state index >= 15 is 0 Å². The summed E-state index contributed by atoms with van der Waals surface area (Å²) < 4.78 is 39.3. The van der Waals surface area contributed by atoms with Crippen molar-refractivity contribution in [3.8, 4) is 0 Å². The Labute approximate surface area is 175 Å². The quantitative estimate of drug-likeness (QED) is 0.523. The lowest BCUT2D eigenvalue weighted by atomic mass is 10.1. The van der Waals surface area contributed by atoms with Crippen LogP contribution in [0.3, 0.4) is 0 Å². The van der Waals surface area contributed by atoms with E-state index < -0.39 is 15.9 Å². The largest absolute Gasteiger partial charge is 0.372 e. The van der Waals surface area contributed by atoms with Gasteiger partial charge in [0, 0.05) is 32.7 Å². The van der Waals surface area contributed by atoms with Crippen LogP contribution in [0, 0.1) is 5.82 Å². The van der Waals surface area contributed by atoms with Gasteiger partial charge >= 0.3 is 0 Å². The van der Waals surface area contributed by atoms with E-state index in [9.17, 15) is 22.4 Å². The van der Waals surface area contributed by atoms with Crippen molar-refractivity contribution in [1.29, 1.82) is 0 Å². The van der Waals surface area contributed by atoms with Gasteiger partial charge in [0.05, 0.1) is 23.2 Å². The Hall–Kier alpha value is -3.14. The third-order valence-corrected chi connectivity index (χ3v) is 4.69. The second kappa shape index (κ2) is 10.1. The molecule has 0 aliphatic carbocycles. The van der Waals surface area contributed by atoms with Gasteiger partial charge in [0.1, 0.15) is 5.82 Å². The molecule has 0 saturated heterocycles. The molecule has 0 fully saturated rings. The first-order valence-electron chi connectivity index (χ1n) is 9.20. The first-order chi connectivity index (χ1) is 14.1. The lowest BCUT2D eigenvalue weighted by molar-refractivity contribution is -0.114. The minimum Gasteiger partial charge on any atom is -0.372 e. The zero-order valence-corrected chi connectivity index (χ0v) is 17.8. The summed E-state index contributed by atoms with van der Waals surface area (Å²) in [5, 5.41) is 5.28. The van der Waals surface area contributed by atoms with Crippen LogP contribution in [0.1, 0.15) is 23.7 Å². The summed E-state index contributed by atoms with van der Waals surface area (Å²) in [6, 6.07) is 10.7. The Kier molecular flexibility index (Phi) is 7.76. The van der Waals surface area contributed by atoms with E-state index in [1.807, 2.05) is 0 Å². The number of para-hydroxylation sites is 1. The van der Waals surface area contributed by atoms with E-state index in [4.69, 9.17) is 0 Å². The first-order valence-corrected chi connectivity index (χ1v) is 11.1. The van der Waals surface area contributed by atoms with Crippen LogP contribution in [0.15, 0.2) is 42.5 Å². The predicted octanol–water partition coefficient (Wildman–Crippen LogP) is 2.41. The Bertz CT molecular complexity index is 1030. The second-order valence-electron chi connectivity index (χ2n) is 6.80. The smallest absolute Gasteiger partial charge is 0.253 e. The molecule has 0 bridgehead atoms. The summed E-state index contributed by atoms with van der Waals surface area (Å²) in [5.41, 5.74) is 1.01. The standard InChI is InChI=1S/C20H25FN4O4S/c1-14(26)23-15-9-10-18(24-30(3,28)29)16(13-15)20(27)22-11-6-12-25(2)19-8-5-4-7-17(19)21/h4-5,7-10,13,24H,6,11-12H2,1-3H3,(H,22,27)(H,23,26). The van der Waals surface area contributed by atoms with Gasteiger partial charge in [0.2, 0.25) is 15.9 Å². The van der Waals surface area contributed by atoms with E-state index in [1.54, 1.807) is 30.1 Å². The fraction of sp³-hybridized carbons (Fsp3) is 0.300. The number of anilines is 3. The monoisotopic (exact) mass is 436 g/mol. The third-order valence-electron chi connectivity index (χ3n) is 4.10. The lowest BCUT2D eigenvalue weighted by Gasteiger charge is -2.20. The number of rotatable bonds is 9. The molecular formula is C20H25FN4O4S. The summed E-state index contributed by atoms with van der Waals surface area (Å²) in [4.78, 5) is 25.6. The average molecular weight is 437 g/mol. The van der Waals surface area contributed by atoms with Crippen molar-refractivity contribution in [1.82, 2.24) is 5.32 Å². The lowest BCUT2D eigenvalue weighted by Crippen LogP contribution is -2.29. The summed E-state index contributed by atoms with van der Waals surface area (Å²) in [5.74, 6) is -1.14. The molecule has 0 aromatic heterocycles. The Morgan fingerprint density at radius 1 is 1.13 bits per heavy atom. The van der Waals surface area contributed by atoms with Gasteiger partial charge in [0.25, 0.3) is 5.91 Å². The number of carbonyl (C=O) groups is 2. The number of nitrogens with zero attached hydrogens (tertiary/aromatic N) is 1. The van der Waals surface area contributed by atoms with Crippen LogP contribution in [-0.2, 0) is 14.8 Å². The van der Waals surface area contributed by atoms with Crippen molar-refractivity contribution in [2.75, 3.05) is 41.3 Å². The molecule has 0 aliphatic rings. The molecule has 2 aromatic rings. The topological polar surface area (TPSA) is 108 Å². The molecule has 0 heterocycles. The van der Waals surface area contributed by atoms with Crippen LogP contribution >= 0.6 is 0 Å². The molecule has 0 saturated carbocycles. The molecule has 0 unspecified atom stereocenters. The summed E-state index contributed by atoms with van der Waals surface area (Å²) in [7, 11) is -1.84. The molecule has 0 spiro atoms. The number of sulfonamides is 1. The highest BCUT2D eigenvalue weighted by Gasteiger charge is 2.16. The van der Waals surface area contributed by atoms with Crippen molar-refractivity contribution in [2.45, 2.75) is 13.3 Å².